The topological polar surface area (TPSA) is 26.0 Å². The summed E-state index contributed by atoms with van der Waals surface area (Å²) >= 11 is 0. The number of nitrogens with two attached hydrogens (primary N) is 1. The summed E-state index contributed by atoms with van der Waals surface area (Å²) in [4.78, 5) is 0. The molecule has 0 bridgehead atoms. The van der Waals surface area contributed by atoms with Crippen LogP contribution in [0.2, 0.25) is 0 Å². The molecule has 0 unspecified atom stereocenters. The lowest BCUT2D eigenvalue weighted by atomic mass is 10.1. The van der Waals surface area contributed by atoms with Gasteiger partial charge in [0.25, 0.3) is 0 Å². The molecule has 0 aliphatic heterocycles. The molecule has 0 heterocycles. The van der Waals surface area contributed by atoms with Gasteiger partial charge in [-0.05, 0) is 31.5 Å². The highest BCUT2D eigenvalue weighted by molar-refractivity contribution is 5.85. The van der Waals surface area contributed by atoms with Crippen LogP contribution in [-0.2, 0) is 0 Å². The van der Waals surface area contributed by atoms with Gasteiger partial charge in [-0.2, -0.15) is 0 Å². The molecule has 0 saturated heterocycles. The highest BCUT2D eigenvalue weighted by Gasteiger charge is 1.83. The van der Waals surface area contributed by atoms with Gasteiger partial charge >= 0.3 is 0 Å². The van der Waals surface area contributed by atoms with Crippen molar-refractivity contribution in [2.75, 3.05) is 6.54 Å². The van der Waals surface area contributed by atoms with Gasteiger partial charge in [-0.3, -0.25) is 0 Å². The number of benzene rings is 1. The van der Waals surface area contributed by atoms with Crippen molar-refractivity contribution in [3.63, 3.8) is 0 Å². The van der Waals surface area contributed by atoms with Gasteiger partial charge < -0.3 is 5.73 Å². The number of halogens is 1. The van der Waals surface area contributed by atoms with Crippen LogP contribution in [0.25, 0.3) is 0 Å². The van der Waals surface area contributed by atoms with E-state index in [0.717, 1.165) is 6.54 Å². The van der Waals surface area contributed by atoms with Crippen LogP contribution in [0.3, 0.4) is 0 Å². The van der Waals surface area contributed by atoms with Crippen LogP contribution in [-0.4, -0.2) is 6.54 Å². The second-order valence-electron chi connectivity index (χ2n) is 2.49. The van der Waals surface area contributed by atoms with Crippen LogP contribution >= 0.6 is 12.4 Å². The van der Waals surface area contributed by atoms with E-state index in [-0.39, 0.29) is 12.4 Å². The summed E-state index contributed by atoms with van der Waals surface area (Å²) in [5.74, 6) is 0. The van der Waals surface area contributed by atoms with E-state index in [1.165, 1.54) is 11.1 Å². The van der Waals surface area contributed by atoms with E-state index in [9.17, 15) is 0 Å². The Morgan fingerprint density at radius 2 is 1.33 bits per heavy atom. The zero-order valence-corrected chi connectivity index (χ0v) is 8.82. The van der Waals surface area contributed by atoms with Crippen molar-refractivity contribution in [1.29, 1.82) is 0 Å². The molecule has 1 rings (SSSR count). The van der Waals surface area contributed by atoms with E-state index in [0.29, 0.717) is 0 Å². The summed E-state index contributed by atoms with van der Waals surface area (Å²) < 4.78 is 0. The second-order valence-corrected chi connectivity index (χ2v) is 2.49. The Morgan fingerprint density at radius 1 is 1.08 bits per heavy atom. The van der Waals surface area contributed by atoms with Crippen LogP contribution in [0.5, 0.6) is 0 Å². The summed E-state index contributed by atoms with van der Waals surface area (Å²) in [7, 11) is 0. The molecule has 2 N–H and O–H groups in total. The Labute approximate surface area is 81.4 Å². The molecule has 0 saturated carbocycles. The average molecular weight is 188 g/mol. The first-order valence-corrected chi connectivity index (χ1v) is 3.94. The number of hydrogen-bond donors (Lipinski definition) is 1. The molecule has 0 radical (unpaired) electrons. The molecular weight excluding hydrogens is 170 g/mol. The molecule has 0 aliphatic rings. The first kappa shape index (κ1) is 14.0. The molecule has 0 atom stereocenters. The summed E-state index contributed by atoms with van der Waals surface area (Å²) in [5.41, 5.74) is 7.58. The third-order valence-electron chi connectivity index (χ3n) is 1.43. The quantitative estimate of drug-likeness (QED) is 0.664. The fraction of sp³-hybridized carbons (Fsp3) is 0.400. The van der Waals surface area contributed by atoms with E-state index in [1.807, 2.05) is 6.92 Å². The Balaban J connectivity index is 0. The van der Waals surface area contributed by atoms with Crippen LogP contribution in [0.1, 0.15) is 18.1 Å². The molecule has 1 aromatic carbocycles. The smallest absolute Gasteiger partial charge is 0.0106 e. The Bertz CT molecular complexity index is 178. The molecule has 0 spiro atoms. The largest absolute Gasteiger partial charge is 0.331 e. The summed E-state index contributed by atoms with van der Waals surface area (Å²) in [5, 5.41) is 0. The third kappa shape index (κ3) is 6.20. The zero-order chi connectivity index (χ0) is 8.69. The van der Waals surface area contributed by atoms with E-state index < -0.39 is 0 Å². The summed E-state index contributed by atoms with van der Waals surface area (Å²) in [6.07, 6.45) is 0. The molecule has 2 heteroatoms. The van der Waals surface area contributed by atoms with Crippen molar-refractivity contribution in [2.24, 2.45) is 5.73 Å². The van der Waals surface area contributed by atoms with E-state index in [2.05, 4.69) is 38.1 Å². The fourth-order valence-electron chi connectivity index (χ4n) is 0.663. The highest BCUT2D eigenvalue weighted by atomic mass is 35.5. The fourth-order valence-corrected chi connectivity index (χ4v) is 0.663. The maximum atomic E-state index is 4.85. The molecule has 12 heavy (non-hydrogen) atoms. The van der Waals surface area contributed by atoms with Gasteiger partial charge in [0.15, 0.2) is 0 Å². The van der Waals surface area contributed by atoms with Gasteiger partial charge in [0.2, 0.25) is 0 Å². The van der Waals surface area contributed by atoms with Gasteiger partial charge in [0.1, 0.15) is 0 Å². The van der Waals surface area contributed by atoms with Crippen molar-refractivity contribution < 1.29 is 0 Å². The lowest BCUT2D eigenvalue weighted by molar-refractivity contribution is 1.14. The van der Waals surface area contributed by atoms with Gasteiger partial charge in [0.05, 0.1) is 0 Å². The van der Waals surface area contributed by atoms with Gasteiger partial charge in [-0.15, -0.1) is 12.4 Å². The SMILES string of the molecule is CCN.Cc1ccccc1C.Cl. The summed E-state index contributed by atoms with van der Waals surface area (Å²) in [6.45, 7) is 6.89. The number of rotatable bonds is 0. The molecular formula is C10H18ClN. The van der Waals surface area contributed by atoms with Crippen molar-refractivity contribution in [3.05, 3.63) is 35.4 Å². The minimum Gasteiger partial charge on any atom is -0.331 e. The lowest BCUT2D eigenvalue weighted by Crippen LogP contribution is -1.87. The Morgan fingerprint density at radius 3 is 1.50 bits per heavy atom. The van der Waals surface area contributed by atoms with Crippen LogP contribution in [0.15, 0.2) is 24.3 Å². The minimum absolute atomic E-state index is 0. The molecule has 0 amide bonds. The van der Waals surface area contributed by atoms with Gasteiger partial charge in [-0.1, -0.05) is 31.2 Å². The maximum absolute atomic E-state index is 4.85. The molecule has 0 aliphatic carbocycles. The lowest BCUT2D eigenvalue weighted by Gasteiger charge is -1.93. The summed E-state index contributed by atoms with van der Waals surface area (Å²) in [6, 6.07) is 8.36. The first-order valence-electron chi connectivity index (χ1n) is 3.94. The molecule has 1 nitrogen and oxygen atoms in total. The molecule has 70 valence electrons. The van der Waals surface area contributed by atoms with Crippen molar-refractivity contribution >= 4 is 12.4 Å². The van der Waals surface area contributed by atoms with Crippen LogP contribution in [0, 0.1) is 13.8 Å². The third-order valence-corrected chi connectivity index (χ3v) is 1.43. The Kier molecular flexibility index (Phi) is 10.0. The van der Waals surface area contributed by atoms with E-state index >= 15 is 0 Å². The second kappa shape index (κ2) is 8.57. The zero-order valence-electron chi connectivity index (χ0n) is 8.00. The normalized spacial score (nSPS) is 7.67. The number of aryl methyl sites for hydroxylation is 2. The maximum Gasteiger partial charge on any atom is -0.0106 e. The van der Waals surface area contributed by atoms with Crippen LogP contribution in [0.4, 0.5) is 0 Å². The number of hydrogen-bond acceptors (Lipinski definition) is 1. The van der Waals surface area contributed by atoms with Crippen LogP contribution < -0.4 is 5.73 Å². The van der Waals surface area contributed by atoms with Crippen molar-refractivity contribution in [3.8, 4) is 0 Å². The van der Waals surface area contributed by atoms with E-state index in [4.69, 9.17) is 5.73 Å². The minimum atomic E-state index is 0. The highest BCUT2D eigenvalue weighted by Crippen LogP contribution is 2.02. The van der Waals surface area contributed by atoms with Gasteiger partial charge in [0, 0.05) is 0 Å². The first-order chi connectivity index (χ1) is 5.22. The standard InChI is InChI=1S/C8H10.C2H7N.ClH/c1-7-5-3-4-6-8(7)2;1-2-3;/h3-6H,1-2H3;2-3H2,1H3;1H. The Hall–Kier alpha value is -0.530. The average Bonchev–Trinajstić information content (AvgIpc) is 1.97. The van der Waals surface area contributed by atoms with Crippen molar-refractivity contribution in [1.82, 2.24) is 0 Å². The molecule has 0 fully saturated rings. The van der Waals surface area contributed by atoms with Gasteiger partial charge in [-0.25, -0.2) is 0 Å². The molecule has 0 aromatic heterocycles. The predicted octanol–water partition coefficient (Wildman–Crippen LogP) is 2.69. The van der Waals surface area contributed by atoms with E-state index in [1.54, 1.807) is 0 Å². The van der Waals surface area contributed by atoms with Crippen molar-refractivity contribution in [2.45, 2.75) is 20.8 Å². The monoisotopic (exact) mass is 187 g/mol. The predicted molar refractivity (Wildman–Crippen MR) is 57.9 cm³/mol. The molecule has 1 aromatic rings.